The molecule has 5 heterocycles. The van der Waals surface area contributed by atoms with E-state index in [1.54, 1.807) is 6.20 Å². The standard InChI is InChI=1S/C25H24N6/c1-29-9-11-30(12-10-29)20-14-22-21(4-5-24(22)27-16-20)18-6-8-31-25(13-18)23(17-28-31)19-3-2-7-26-15-19/h2-4,6-8,13-17H,5,9-12H2,1H3. The van der Waals surface area contributed by atoms with Crippen LogP contribution in [0.1, 0.15) is 16.8 Å². The third-order valence-corrected chi connectivity index (χ3v) is 6.42. The quantitative estimate of drug-likeness (QED) is 0.519. The van der Waals surface area contributed by atoms with Crippen molar-refractivity contribution >= 4 is 16.8 Å². The second-order valence-corrected chi connectivity index (χ2v) is 8.35. The first-order valence-electron chi connectivity index (χ1n) is 10.8. The molecule has 4 aromatic rings. The first-order valence-corrected chi connectivity index (χ1v) is 10.8. The molecule has 4 aromatic heterocycles. The number of anilines is 1. The molecule has 6 rings (SSSR count). The van der Waals surface area contributed by atoms with Crippen LogP contribution >= 0.6 is 0 Å². The van der Waals surface area contributed by atoms with Gasteiger partial charge >= 0.3 is 0 Å². The molecule has 2 aliphatic rings. The van der Waals surface area contributed by atoms with E-state index in [0.717, 1.165) is 54.9 Å². The summed E-state index contributed by atoms with van der Waals surface area (Å²) < 4.78 is 1.93. The maximum atomic E-state index is 4.81. The fraction of sp³-hybridized carbons (Fsp3) is 0.240. The molecular formula is C25H24N6. The van der Waals surface area contributed by atoms with Crippen LogP contribution in [0.5, 0.6) is 0 Å². The second kappa shape index (κ2) is 7.32. The monoisotopic (exact) mass is 408 g/mol. The van der Waals surface area contributed by atoms with Gasteiger partial charge in [0.25, 0.3) is 0 Å². The molecule has 1 aliphatic carbocycles. The molecule has 31 heavy (non-hydrogen) atoms. The first kappa shape index (κ1) is 18.3. The molecule has 0 unspecified atom stereocenters. The zero-order valence-corrected chi connectivity index (χ0v) is 17.6. The number of pyridine rings is 3. The summed E-state index contributed by atoms with van der Waals surface area (Å²) in [7, 11) is 2.19. The molecule has 1 saturated heterocycles. The molecule has 1 fully saturated rings. The van der Waals surface area contributed by atoms with Gasteiger partial charge in [0.15, 0.2) is 0 Å². The van der Waals surface area contributed by atoms with Gasteiger partial charge in [-0.25, -0.2) is 4.52 Å². The Kier molecular flexibility index (Phi) is 4.32. The number of hydrogen-bond donors (Lipinski definition) is 0. The van der Waals surface area contributed by atoms with Gasteiger partial charge in [0, 0.05) is 67.9 Å². The number of allylic oxidation sites excluding steroid dienone is 1. The fourth-order valence-corrected chi connectivity index (χ4v) is 4.59. The molecule has 0 aromatic carbocycles. The number of hydrogen-bond acceptors (Lipinski definition) is 5. The highest BCUT2D eigenvalue weighted by Gasteiger charge is 2.21. The van der Waals surface area contributed by atoms with Crippen molar-refractivity contribution in [1.29, 1.82) is 0 Å². The lowest BCUT2D eigenvalue weighted by Crippen LogP contribution is -2.44. The minimum absolute atomic E-state index is 0.883. The Labute approximate surface area is 181 Å². The van der Waals surface area contributed by atoms with E-state index >= 15 is 0 Å². The maximum absolute atomic E-state index is 4.81. The van der Waals surface area contributed by atoms with E-state index in [1.165, 1.54) is 22.4 Å². The van der Waals surface area contributed by atoms with E-state index in [2.05, 4.69) is 57.3 Å². The summed E-state index contributed by atoms with van der Waals surface area (Å²) in [5, 5.41) is 4.53. The van der Waals surface area contributed by atoms with Gasteiger partial charge in [-0.15, -0.1) is 0 Å². The number of likely N-dealkylation sites (N-methyl/N-ethyl adjacent to an activating group) is 1. The summed E-state index contributed by atoms with van der Waals surface area (Å²) in [6.07, 6.45) is 12.9. The summed E-state index contributed by atoms with van der Waals surface area (Å²) in [4.78, 5) is 13.9. The lowest BCUT2D eigenvalue weighted by Gasteiger charge is -2.34. The van der Waals surface area contributed by atoms with E-state index in [-0.39, 0.29) is 0 Å². The van der Waals surface area contributed by atoms with Crippen LogP contribution in [0.25, 0.3) is 22.2 Å². The highest BCUT2D eigenvalue weighted by molar-refractivity contribution is 5.88. The van der Waals surface area contributed by atoms with E-state index in [4.69, 9.17) is 4.98 Å². The SMILES string of the molecule is CN1CCN(c2cnc3c(c2)C(c2ccn4ncc(-c5cccnc5)c4c2)=CC3)CC1. The summed E-state index contributed by atoms with van der Waals surface area (Å²) in [6.45, 7) is 4.28. The lowest BCUT2D eigenvalue weighted by atomic mass is 10.00. The van der Waals surface area contributed by atoms with Gasteiger partial charge < -0.3 is 9.80 Å². The normalized spacial score (nSPS) is 16.5. The molecule has 6 heteroatoms. The first-order chi connectivity index (χ1) is 15.3. The average Bonchev–Trinajstić information content (AvgIpc) is 3.43. The molecule has 0 saturated carbocycles. The molecule has 0 N–H and O–H groups in total. The van der Waals surface area contributed by atoms with Gasteiger partial charge in [0.1, 0.15) is 0 Å². The molecular weight excluding hydrogens is 384 g/mol. The molecule has 1 aliphatic heterocycles. The van der Waals surface area contributed by atoms with Crippen molar-refractivity contribution in [2.45, 2.75) is 6.42 Å². The van der Waals surface area contributed by atoms with Gasteiger partial charge in [-0.2, -0.15) is 5.10 Å². The highest BCUT2D eigenvalue weighted by Crippen LogP contribution is 2.35. The zero-order chi connectivity index (χ0) is 20.8. The predicted molar refractivity (Wildman–Crippen MR) is 123 cm³/mol. The Bertz CT molecular complexity index is 1280. The topological polar surface area (TPSA) is 49.6 Å². The Morgan fingerprint density at radius 2 is 1.81 bits per heavy atom. The van der Waals surface area contributed by atoms with E-state index < -0.39 is 0 Å². The van der Waals surface area contributed by atoms with Gasteiger partial charge in [-0.3, -0.25) is 9.97 Å². The third kappa shape index (κ3) is 3.20. The number of fused-ring (bicyclic) bond motifs is 2. The van der Waals surface area contributed by atoms with Gasteiger partial charge in [-0.1, -0.05) is 12.1 Å². The molecule has 0 radical (unpaired) electrons. The summed E-state index contributed by atoms with van der Waals surface area (Å²) in [5.74, 6) is 0. The van der Waals surface area contributed by atoms with Gasteiger partial charge in [0.05, 0.1) is 29.3 Å². The lowest BCUT2D eigenvalue weighted by molar-refractivity contribution is 0.313. The Hall–Kier alpha value is -3.51. The summed E-state index contributed by atoms with van der Waals surface area (Å²) in [5.41, 5.74) is 9.36. The van der Waals surface area contributed by atoms with Crippen LogP contribution in [0.2, 0.25) is 0 Å². The molecule has 0 bridgehead atoms. The summed E-state index contributed by atoms with van der Waals surface area (Å²) >= 11 is 0. The van der Waals surface area contributed by atoms with Crippen LogP contribution in [-0.4, -0.2) is 57.7 Å². The third-order valence-electron chi connectivity index (χ3n) is 6.42. The van der Waals surface area contributed by atoms with Crippen LogP contribution in [0, 0.1) is 0 Å². The van der Waals surface area contributed by atoms with Crippen molar-refractivity contribution in [3.8, 4) is 11.1 Å². The van der Waals surface area contributed by atoms with Crippen molar-refractivity contribution in [2.24, 2.45) is 0 Å². The average molecular weight is 409 g/mol. The van der Waals surface area contributed by atoms with Gasteiger partial charge in [-0.05, 0) is 42.4 Å². The van der Waals surface area contributed by atoms with Crippen molar-refractivity contribution in [3.63, 3.8) is 0 Å². The van der Waals surface area contributed by atoms with Crippen LogP contribution in [-0.2, 0) is 6.42 Å². The highest BCUT2D eigenvalue weighted by atomic mass is 15.2. The molecule has 6 nitrogen and oxygen atoms in total. The number of aromatic nitrogens is 4. The van der Waals surface area contributed by atoms with Crippen molar-refractivity contribution in [1.82, 2.24) is 24.5 Å². The largest absolute Gasteiger partial charge is 0.368 e. The second-order valence-electron chi connectivity index (χ2n) is 8.35. The van der Waals surface area contributed by atoms with E-state index in [1.807, 2.05) is 35.4 Å². The van der Waals surface area contributed by atoms with Crippen LogP contribution < -0.4 is 4.90 Å². The van der Waals surface area contributed by atoms with Crippen LogP contribution in [0.4, 0.5) is 5.69 Å². The number of nitrogens with zero attached hydrogens (tertiary/aromatic N) is 6. The van der Waals surface area contributed by atoms with Crippen LogP contribution in [0.3, 0.4) is 0 Å². The van der Waals surface area contributed by atoms with Crippen molar-refractivity contribution in [2.75, 3.05) is 38.1 Å². The Morgan fingerprint density at radius 3 is 2.65 bits per heavy atom. The molecule has 0 amide bonds. The molecule has 0 spiro atoms. The summed E-state index contributed by atoms with van der Waals surface area (Å²) in [6, 6.07) is 10.8. The van der Waals surface area contributed by atoms with Crippen LogP contribution in [0.15, 0.2) is 67.4 Å². The fourth-order valence-electron chi connectivity index (χ4n) is 4.59. The van der Waals surface area contributed by atoms with Crippen molar-refractivity contribution < 1.29 is 0 Å². The predicted octanol–water partition coefficient (Wildman–Crippen LogP) is 3.53. The number of piperazine rings is 1. The molecule has 0 atom stereocenters. The smallest absolute Gasteiger partial charge is 0.0746 e. The molecule has 154 valence electrons. The minimum Gasteiger partial charge on any atom is -0.368 e. The van der Waals surface area contributed by atoms with E-state index in [0.29, 0.717) is 0 Å². The maximum Gasteiger partial charge on any atom is 0.0746 e. The Morgan fingerprint density at radius 1 is 0.903 bits per heavy atom. The van der Waals surface area contributed by atoms with Gasteiger partial charge in [0.2, 0.25) is 0 Å². The van der Waals surface area contributed by atoms with E-state index in [9.17, 15) is 0 Å². The van der Waals surface area contributed by atoms with Crippen molar-refractivity contribution in [3.05, 3.63) is 84.2 Å². The Balaban J connectivity index is 1.38. The number of rotatable bonds is 3. The minimum atomic E-state index is 0.883. The zero-order valence-electron chi connectivity index (χ0n) is 17.6.